The van der Waals surface area contributed by atoms with Gasteiger partial charge in [-0.15, -0.1) is 26.2 Å². The average Bonchev–Trinajstić information content (AvgIpc) is 2.57. The molecular weight excluding hydrogens is 612 g/mol. The monoisotopic (exact) mass is 648 g/mol. The molecule has 0 bridgehead atoms. The Balaban J connectivity index is -0.000000307. The zero-order valence-corrected chi connectivity index (χ0v) is 21.4. The molecule has 0 spiro atoms. The normalized spacial score (nSPS) is 16.8. The van der Waals surface area contributed by atoms with Crippen molar-refractivity contribution in [1.29, 1.82) is 0 Å². The van der Waals surface area contributed by atoms with Crippen molar-refractivity contribution in [1.82, 2.24) is 9.80 Å². The molecule has 0 radical (unpaired) electrons. The maximum absolute atomic E-state index is 3.81. The van der Waals surface area contributed by atoms with Gasteiger partial charge in [0.2, 0.25) is 0 Å². The minimum atomic E-state index is 0. The van der Waals surface area contributed by atoms with Crippen LogP contribution in [0.15, 0.2) is 0 Å². The molecule has 1 heterocycles. The summed E-state index contributed by atoms with van der Waals surface area (Å²) >= 11 is 0. The number of nitrogens with zero attached hydrogens (tertiary/aromatic N) is 2. The molecule has 22 heavy (non-hydrogen) atoms. The standard InChI is InChI=1S/C10H19N.C8H17N.2W/c1-10(2,3)11-8-6-4-5-7-9-11;1-6-9(7-2)8(3,4)5;;/h6-7H,4-5,8-9H2,1-3H3;1-2,6-7H2,3-5H3;;/q2*-2;2*+2. The van der Waals surface area contributed by atoms with Crippen LogP contribution >= 0.6 is 0 Å². The van der Waals surface area contributed by atoms with Gasteiger partial charge in [0.25, 0.3) is 0 Å². The van der Waals surface area contributed by atoms with Crippen LogP contribution in [0.4, 0.5) is 0 Å². The van der Waals surface area contributed by atoms with E-state index in [4.69, 9.17) is 0 Å². The van der Waals surface area contributed by atoms with Crippen molar-refractivity contribution < 1.29 is 42.1 Å². The molecule has 0 aromatic rings. The zero-order chi connectivity index (χ0) is 15.8. The molecule has 0 aromatic carbocycles. The first-order chi connectivity index (χ1) is 9.12. The van der Waals surface area contributed by atoms with Gasteiger partial charge in [0.05, 0.1) is 0 Å². The van der Waals surface area contributed by atoms with E-state index in [1.807, 2.05) is 0 Å². The molecule has 1 aliphatic rings. The van der Waals surface area contributed by atoms with Crippen molar-refractivity contribution in [2.24, 2.45) is 0 Å². The maximum atomic E-state index is 3.81. The van der Waals surface area contributed by atoms with Crippen LogP contribution in [0.5, 0.6) is 0 Å². The second kappa shape index (κ2) is 13.6. The summed E-state index contributed by atoms with van der Waals surface area (Å²) in [6, 6.07) is 0. The topological polar surface area (TPSA) is 6.48 Å². The van der Waals surface area contributed by atoms with Crippen molar-refractivity contribution in [3.05, 3.63) is 26.7 Å². The smallest absolute Gasteiger partial charge is 0.358 e. The second-order valence-corrected chi connectivity index (χ2v) is 7.39. The third-order valence-electron chi connectivity index (χ3n) is 3.71. The minimum Gasteiger partial charge on any atom is -0.358 e. The van der Waals surface area contributed by atoms with Crippen LogP contribution in [0.2, 0.25) is 0 Å². The summed E-state index contributed by atoms with van der Waals surface area (Å²) in [7, 11) is 0. The fraction of sp³-hybridized carbons (Fsp3) is 0.778. The average molecular weight is 648 g/mol. The second-order valence-electron chi connectivity index (χ2n) is 7.39. The van der Waals surface area contributed by atoms with Crippen molar-refractivity contribution in [2.45, 2.75) is 65.5 Å². The van der Waals surface area contributed by atoms with E-state index in [0.29, 0.717) is 5.54 Å². The predicted octanol–water partition coefficient (Wildman–Crippen LogP) is 4.04. The summed E-state index contributed by atoms with van der Waals surface area (Å²) in [6.07, 6.45) is 7.28. The molecular formula is C18H36N2W2. The molecule has 1 aliphatic heterocycles. The molecule has 1 saturated heterocycles. The van der Waals surface area contributed by atoms with Gasteiger partial charge in [0.15, 0.2) is 0 Å². The molecule has 2 nitrogen and oxygen atoms in total. The largest absolute Gasteiger partial charge is 2.00 e. The molecule has 0 atom stereocenters. The molecule has 0 saturated carbocycles. The number of rotatable bonds is 2. The van der Waals surface area contributed by atoms with Crippen LogP contribution < -0.4 is 0 Å². The molecule has 0 amide bonds. The zero-order valence-electron chi connectivity index (χ0n) is 15.5. The first kappa shape index (κ1) is 28.1. The Morgan fingerprint density at radius 3 is 1.41 bits per heavy atom. The van der Waals surface area contributed by atoms with Crippen molar-refractivity contribution in [3.63, 3.8) is 0 Å². The number of hydrogen-bond donors (Lipinski definition) is 0. The van der Waals surface area contributed by atoms with Gasteiger partial charge in [0.1, 0.15) is 0 Å². The molecule has 0 aliphatic carbocycles. The first-order valence-corrected chi connectivity index (χ1v) is 7.85. The Labute approximate surface area is 169 Å². The maximum Gasteiger partial charge on any atom is 2.00 e. The molecule has 0 unspecified atom stereocenters. The van der Waals surface area contributed by atoms with E-state index < -0.39 is 0 Å². The molecule has 4 heteroatoms. The van der Waals surface area contributed by atoms with Gasteiger partial charge < -0.3 is 36.5 Å². The van der Waals surface area contributed by atoms with Gasteiger partial charge in [0, 0.05) is 11.1 Å². The fourth-order valence-electron chi connectivity index (χ4n) is 2.13. The fourth-order valence-corrected chi connectivity index (χ4v) is 2.13. The van der Waals surface area contributed by atoms with Crippen molar-refractivity contribution >= 4 is 0 Å². The van der Waals surface area contributed by atoms with Gasteiger partial charge in [-0.3, -0.25) is 0 Å². The first-order valence-electron chi connectivity index (χ1n) is 7.85. The van der Waals surface area contributed by atoms with E-state index in [-0.39, 0.29) is 47.7 Å². The van der Waals surface area contributed by atoms with Crippen LogP contribution in [0.3, 0.4) is 0 Å². The quantitative estimate of drug-likeness (QED) is 0.418. The summed E-state index contributed by atoms with van der Waals surface area (Å²) in [5.41, 5.74) is 0.556. The SMILES string of the molecule is CC(C)(C)N1C[CH-]CC[CH-]C1.[CH2-]CN(C[CH2-])C(C)(C)C.[W+2].[W+2]. The van der Waals surface area contributed by atoms with Crippen molar-refractivity contribution in [3.8, 4) is 0 Å². The molecule has 0 aromatic heterocycles. The summed E-state index contributed by atoms with van der Waals surface area (Å²) < 4.78 is 0. The summed E-state index contributed by atoms with van der Waals surface area (Å²) in [4.78, 5) is 4.72. The summed E-state index contributed by atoms with van der Waals surface area (Å²) in [5.74, 6) is 0. The Morgan fingerprint density at radius 1 is 0.864 bits per heavy atom. The van der Waals surface area contributed by atoms with Crippen LogP contribution in [0.25, 0.3) is 0 Å². The Bertz CT molecular complexity index is 232. The third-order valence-corrected chi connectivity index (χ3v) is 3.71. The summed E-state index contributed by atoms with van der Waals surface area (Å²) in [6.45, 7) is 24.9. The van der Waals surface area contributed by atoms with Gasteiger partial charge in [-0.2, -0.15) is 0 Å². The van der Waals surface area contributed by atoms with Gasteiger partial charge in [-0.05, 0) is 41.5 Å². The van der Waals surface area contributed by atoms with E-state index >= 15 is 0 Å². The van der Waals surface area contributed by atoms with Gasteiger partial charge in [-0.1, -0.05) is 0 Å². The van der Waals surface area contributed by atoms with E-state index in [0.717, 1.165) is 26.2 Å². The van der Waals surface area contributed by atoms with E-state index in [2.05, 4.69) is 78.0 Å². The van der Waals surface area contributed by atoms with Crippen LogP contribution in [0, 0.1) is 26.7 Å². The van der Waals surface area contributed by atoms with Crippen molar-refractivity contribution in [2.75, 3.05) is 26.2 Å². The van der Waals surface area contributed by atoms with Gasteiger partial charge in [-0.25, -0.2) is 12.8 Å². The molecule has 0 N–H and O–H groups in total. The summed E-state index contributed by atoms with van der Waals surface area (Å²) in [5, 5.41) is 0. The number of hydrogen-bond acceptors (Lipinski definition) is 2. The molecule has 130 valence electrons. The Morgan fingerprint density at radius 2 is 1.23 bits per heavy atom. The predicted molar refractivity (Wildman–Crippen MR) is 91.2 cm³/mol. The number of likely N-dealkylation sites (tertiary alicyclic amines) is 1. The molecule has 1 fully saturated rings. The van der Waals surface area contributed by atoms with E-state index in [1.54, 1.807) is 0 Å². The van der Waals surface area contributed by atoms with Crippen LogP contribution in [0.1, 0.15) is 54.4 Å². The third kappa shape index (κ3) is 12.7. The van der Waals surface area contributed by atoms with Gasteiger partial charge >= 0.3 is 42.1 Å². The van der Waals surface area contributed by atoms with Crippen LogP contribution in [-0.4, -0.2) is 47.1 Å². The minimum absolute atomic E-state index is 0. The van der Waals surface area contributed by atoms with E-state index in [9.17, 15) is 0 Å². The van der Waals surface area contributed by atoms with E-state index in [1.165, 1.54) is 12.8 Å². The Hall–Kier alpha value is 1.30. The van der Waals surface area contributed by atoms with Crippen LogP contribution in [-0.2, 0) is 42.1 Å². The Kier molecular flexibility index (Phi) is 17.3. The molecule has 1 rings (SSSR count).